The van der Waals surface area contributed by atoms with Crippen LogP contribution in [0.1, 0.15) is 56.7 Å². The van der Waals surface area contributed by atoms with E-state index >= 15 is 0 Å². The minimum Gasteiger partial charge on any atom is -0.463 e. The Hall–Kier alpha value is -3.34. The smallest absolute Gasteiger partial charge is 0.416 e. The van der Waals surface area contributed by atoms with E-state index in [1.54, 1.807) is 13.0 Å². The molecule has 2 heterocycles. The number of nitrogens with one attached hydrogen (secondary N) is 1. The molecule has 3 aliphatic rings. The van der Waals surface area contributed by atoms with Crippen LogP contribution in [0.4, 0.5) is 18.0 Å². The van der Waals surface area contributed by atoms with Gasteiger partial charge in [0.15, 0.2) is 0 Å². The second-order valence-corrected chi connectivity index (χ2v) is 10.6. The van der Waals surface area contributed by atoms with Crippen molar-refractivity contribution in [3.63, 3.8) is 0 Å². The standard InChI is InChI=1S/C29H37F3N4O4/c1-4-14-36-23(18-34-15-16-35(19(3)17-34)26(37)21-8-6-7-9-21)24(27(38)40-5-2)25(33-28(36)39)20-10-12-22(13-11-20)29(30,31)32/h4,10-13,19,21,25H,1,5-9,14-18H2,2-3H3,(H,33,39). The molecule has 8 nitrogen and oxygen atoms in total. The molecule has 11 heteroatoms. The van der Waals surface area contributed by atoms with E-state index in [0.717, 1.165) is 37.8 Å². The number of urea groups is 1. The van der Waals surface area contributed by atoms with Gasteiger partial charge in [-0.2, -0.15) is 13.2 Å². The van der Waals surface area contributed by atoms with Crippen molar-refractivity contribution in [3.05, 3.63) is 59.3 Å². The molecule has 0 spiro atoms. The zero-order chi connectivity index (χ0) is 29.0. The summed E-state index contributed by atoms with van der Waals surface area (Å²) in [6, 6.07) is 2.87. The van der Waals surface area contributed by atoms with Crippen molar-refractivity contribution in [2.45, 2.75) is 57.8 Å². The Kier molecular flexibility index (Phi) is 9.22. The Balaban J connectivity index is 1.65. The van der Waals surface area contributed by atoms with Gasteiger partial charge in [-0.05, 0) is 44.4 Å². The van der Waals surface area contributed by atoms with E-state index in [1.807, 2.05) is 11.8 Å². The molecule has 2 aliphatic heterocycles. The molecule has 2 fully saturated rings. The highest BCUT2D eigenvalue weighted by atomic mass is 19.4. The van der Waals surface area contributed by atoms with Gasteiger partial charge in [0.2, 0.25) is 5.91 Å². The van der Waals surface area contributed by atoms with E-state index in [0.29, 0.717) is 30.9 Å². The van der Waals surface area contributed by atoms with Crippen molar-refractivity contribution in [1.82, 2.24) is 20.0 Å². The molecular formula is C29H37F3N4O4. The summed E-state index contributed by atoms with van der Waals surface area (Å²) in [5.41, 5.74) is 0.0861. The minimum absolute atomic E-state index is 0.0514. The Morgan fingerprint density at radius 3 is 2.40 bits per heavy atom. The van der Waals surface area contributed by atoms with Crippen LogP contribution in [0.5, 0.6) is 0 Å². The monoisotopic (exact) mass is 562 g/mol. The van der Waals surface area contributed by atoms with E-state index in [2.05, 4.69) is 16.8 Å². The van der Waals surface area contributed by atoms with Gasteiger partial charge in [-0.25, -0.2) is 9.59 Å². The van der Waals surface area contributed by atoms with E-state index in [4.69, 9.17) is 4.74 Å². The highest BCUT2D eigenvalue weighted by Crippen LogP contribution is 2.35. The number of carbonyl (C=O) groups excluding carboxylic acids is 3. The molecular weight excluding hydrogens is 525 g/mol. The highest BCUT2D eigenvalue weighted by molar-refractivity contribution is 5.95. The average Bonchev–Trinajstić information content (AvgIpc) is 3.45. The molecule has 1 aliphatic carbocycles. The van der Waals surface area contributed by atoms with Crippen molar-refractivity contribution >= 4 is 17.9 Å². The van der Waals surface area contributed by atoms with Crippen LogP contribution in [0.25, 0.3) is 0 Å². The normalized spacial score (nSPS) is 22.9. The third kappa shape index (κ3) is 6.35. The summed E-state index contributed by atoms with van der Waals surface area (Å²) in [7, 11) is 0. The number of hydrogen-bond donors (Lipinski definition) is 1. The molecule has 4 rings (SSSR count). The van der Waals surface area contributed by atoms with Gasteiger partial charge in [0.1, 0.15) is 0 Å². The molecule has 40 heavy (non-hydrogen) atoms. The van der Waals surface area contributed by atoms with Crippen LogP contribution in [0.15, 0.2) is 48.2 Å². The fourth-order valence-electron chi connectivity index (χ4n) is 5.88. The summed E-state index contributed by atoms with van der Waals surface area (Å²) < 4.78 is 44.9. The van der Waals surface area contributed by atoms with Crippen molar-refractivity contribution in [1.29, 1.82) is 0 Å². The first-order valence-corrected chi connectivity index (χ1v) is 13.8. The van der Waals surface area contributed by atoms with Gasteiger partial charge in [-0.1, -0.05) is 31.1 Å². The maximum atomic E-state index is 13.3. The molecule has 2 unspecified atom stereocenters. The molecule has 1 saturated carbocycles. The second-order valence-electron chi connectivity index (χ2n) is 10.6. The number of rotatable bonds is 8. The summed E-state index contributed by atoms with van der Waals surface area (Å²) in [5, 5.41) is 2.77. The first-order chi connectivity index (χ1) is 19.0. The molecule has 0 aromatic heterocycles. The largest absolute Gasteiger partial charge is 0.463 e. The van der Waals surface area contributed by atoms with Gasteiger partial charge >= 0.3 is 18.2 Å². The molecule has 218 valence electrons. The number of benzene rings is 1. The van der Waals surface area contributed by atoms with Crippen LogP contribution in [0, 0.1) is 5.92 Å². The average molecular weight is 563 g/mol. The van der Waals surface area contributed by atoms with Gasteiger partial charge in [-0.3, -0.25) is 14.6 Å². The van der Waals surface area contributed by atoms with E-state index < -0.39 is 29.8 Å². The fraction of sp³-hybridized carbons (Fsp3) is 0.552. The SMILES string of the molecule is C=CCN1C(=O)NC(c2ccc(C(F)(F)F)cc2)C(C(=O)OCC)=C1CN1CCN(C(=O)C2CCCC2)C(C)C1. The number of hydrogen-bond acceptors (Lipinski definition) is 5. The maximum Gasteiger partial charge on any atom is 0.416 e. The highest BCUT2D eigenvalue weighted by Gasteiger charge is 2.40. The minimum atomic E-state index is -4.52. The lowest BCUT2D eigenvalue weighted by molar-refractivity contribution is -0.140. The van der Waals surface area contributed by atoms with Crippen LogP contribution in [0.3, 0.4) is 0 Å². The van der Waals surface area contributed by atoms with Gasteiger partial charge < -0.3 is 15.0 Å². The molecule has 1 saturated heterocycles. The lowest BCUT2D eigenvalue weighted by Gasteiger charge is -2.43. The number of nitrogens with zero attached hydrogens (tertiary/aromatic N) is 3. The molecule has 1 aromatic rings. The lowest BCUT2D eigenvalue weighted by atomic mass is 9.93. The van der Waals surface area contributed by atoms with E-state index in [-0.39, 0.29) is 43.1 Å². The first-order valence-electron chi connectivity index (χ1n) is 13.8. The number of amides is 3. The topological polar surface area (TPSA) is 82.2 Å². The summed E-state index contributed by atoms with van der Waals surface area (Å²) in [6.45, 7) is 9.48. The van der Waals surface area contributed by atoms with E-state index in [1.165, 1.54) is 17.0 Å². The number of alkyl halides is 3. The number of esters is 1. The lowest BCUT2D eigenvalue weighted by Crippen LogP contribution is -2.57. The quantitative estimate of drug-likeness (QED) is 0.373. The first kappa shape index (κ1) is 29.6. The maximum absolute atomic E-state index is 13.3. The third-order valence-corrected chi connectivity index (χ3v) is 7.89. The second kappa shape index (κ2) is 12.4. The molecule has 2 atom stereocenters. The number of halogens is 3. The van der Waals surface area contributed by atoms with Gasteiger partial charge in [0.25, 0.3) is 0 Å². The number of piperazine rings is 1. The summed E-state index contributed by atoms with van der Waals surface area (Å²) in [4.78, 5) is 45.1. The molecule has 1 N–H and O–H groups in total. The van der Waals surface area contributed by atoms with Crippen LogP contribution in [0.2, 0.25) is 0 Å². The molecule has 3 amide bonds. The van der Waals surface area contributed by atoms with Crippen molar-refractivity contribution < 1.29 is 32.3 Å². The molecule has 1 aromatic carbocycles. The number of ether oxygens (including phenoxy) is 1. The van der Waals surface area contributed by atoms with Crippen LogP contribution < -0.4 is 5.32 Å². The summed E-state index contributed by atoms with van der Waals surface area (Å²) >= 11 is 0. The fourth-order valence-corrected chi connectivity index (χ4v) is 5.88. The zero-order valence-electron chi connectivity index (χ0n) is 23.0. The Bertz CT molecular complexity index is 1140. The van der Waals surface area contributed by atoms with Crippen LogP contribution in [-0.2, 0) is 20.5 Å². The van der Waals surface area contributed by atoms with Gasteiger partial charge in [0, 0.05) is 50.4 Å². The Labute approximate surface area is 232 Å². The number of carbonyl (C=O) groups is 3. The van der Waals surface area contributed by atoms with Crippen molar-refractivity contribution in [2.24, 2.45) is 5.92 Å². The Morgan fingerprint density at radius 2 is 1.82 bits per heavy atom. The molecule has 0 radical (unpaired) electrons. The predicted octanol–water partition coefficient (Wildman–Crippen LogP) is 4.50. The summed E-state index contributed by atoms with van der Waals surface area (Å²) in [6.07, 6.45) is 1.05. The molecule has 0 bridgehead atoms. The van der Waals surface area contributed by atoms with Gasteiger partial charge in [-0.15, -0.1) is 6.58 Å². The summed E-state index contributed by atoms with van der Waals surface area (Å²) in [5.74, 6) is -0.370. The van der Waals surface area contributed by atoms with E-state index in [9.17, 15) is 27.6 Å². The Morgan fingerprint density at radius 1 is 1.15 bits per heavy atom. The van der Waals surface area contributed by atoms with Crippen LogP contribution in [-0.4, -0.2) is 78.0 Å². The van der Waals surface area contributed by atoms with Crippen molar-refractivity contribution in [2.75, 3.05) is 39.3 Å². The van der Waals surface area contributed by atoms with Crippen molar-refractivity contribution in [3.8, 4) is 0 Å². The zero-order valence-corrected chi connectivity index (χ0v) is 23.0. The van der Waals surface area contributed by atoms with Crippen LogP contribution >= 0.6 is 0 Å². The predicted molar refractivity (Wildman–Crippen MR) is 143 cm³/mol. The third-order valence-electron chi connectivity index (χ3n) is 7.89. The van der Waals surface area contributed by atoms with Gasteiger partial charge in [0.05, 0.1) is 23.8 Å².